The fourth-order valence-electron chi connectivity index (χ4n) is 3.96. The zero-order valence-corrected chi connectivity index (χ0v) is 16.0. The number of benzene rings is 4. The molecule has 5 heteroatoms. The summed E-state index contributed by atoms with van der Waals surface area (Å²) in [6.45, 7) is 0. The lowest BCUT2D eigenvalue weighted by Crippen LogP contribution is -1.87. The number of thiophene rings is 1. The maximum atomic E-state index is 14.5. The van der Waals surface area contributed by atoms with Gasteiger partial charge in [0.1, 0.15) is 11.6 Å². The van der Waals surface area contributed by atoms with Crippen molar-refractivity contribution in [2.75, 3.05) is 0 Å². The van der Waals surface area contributed by atoms with Gasteiger partial charge in [0.05, 0.1) is 21.6 Å². The van der Waals surface area contributed by atoms with Gasteiger partial charge in [0, 0.05) is 30.9 Å². The maximum Gasteiger partial charge on any atom is 0.143 e. The van der Waals surface area contributed by atoms with Crippen LogP contribution in [0.3, 0.4) is 0 Å². The number of hydrogen-bond donors (Lipinski definition) is 1. The first-order valence-corrected chi connectivity index (χ1v) is 10.1. The van der Waals surface area contributed by atoms with Crippen molar-refractivity contribution in [2.24, 2.45) is 0 Å². The standard InChI is InChI=1S/C23H12ClFN2S/c24-15-9-5-10-16(25)19(15)23-26-20-12-6-1-2-7-13(12)22-18(21(20)27-23)14-8-3-4-11-17(14)28-22/h1-11H,(H,26,27). The maximum absolute atomic E-state index is 14.5. The molecule has 0 fully saturated rings. The van der Waals surface area contributed by atoms with Crippen LogP contribution in [0.4, 0.5) is 4.39 Å². The molecule has 2 aromatic heterocycles. The summed E-state index contributed by atoms with van der Waals surface area (Å²) in [6, 6.07) is 21.3. The topological polar surface area (TPSA) is 28.7 Å². The van der Waals surface area contributed by atoms with Gasteiger partial charge >= 0.3 is 0 Å². The van der Waals surface area contributed by atoms with E-state index in [0.29, 0.717) is 16.4 Å². The van der Waals surface area contributed by atoms with E-state index in [1.807, 2.05) is 18.2 Å². The smallest absolute Gasteiger partial charge is 0.143 e. The number of halogens is 2. The fourth-order valence-corrected chi connectivity index (χ4v) is 5.46. The Bertz CT molecular complexity index is 1530. The zero-order valence-electron chi connectivity index (χ0n) is 14.5. The van der Waals surface area contributed by atoms with Gasteiger partial charge in [0.25, 0.3) is 0 Å². The molecule has 2 heterocycles. The summed E-state index contributed by atoms with van der Waals surface area (Å²) >= 11 is 8.07. The first kappa shape index (κ1) is 16.0. The van der Waals surface area contributed by atoms with Crippen molar-refractivity contribution in [1.29, 1.82) is 0 Å². The molecule has 0 aliphatic rings. The predicted molar refractivity (Wildman–Crippen MR) is 117 cm³/mol. The zero-order chi connectivity index (χ0) is 18.8. The molecule has 28 heavy (non-hydrogen) atoms. The molecule has 1 N–H and O–H groups in total. The highest BCUT2D eigenvalue weighted by molar-refractivity contribution is 7.27. The van der Waals surface area contributed by atoms with E-state index in [1.165, 1.54) is 20.9 Å². The van der Waals surface area contributed by atoms with Crippen LogP contribution in [0.25, 0.3) is 53.4 Å². The summed E-state index contributed by atoms with van der Waals surface area (Å²) in [5, 5.41) is 4.85. The van der Waals surface area contributed by atoms with Crippen molar-refractivity contribution >= 4 is 64.9 Å². The van der Waals surface area contributed by atoms with Crippen LogP contribution in [0.15, 0.2) is 66.7 Å². The molecule has 4 aromatic carbocycles. The first-order chi connectivity index (χ1) is 13.7. The molecular formula is C23H12ClFN2S. The highest BCUT2D eigenvalue weighted by atomic mass is 35.5. The molecule has 0 aliphatic heterocycles. The Kier molecular flexibility index (Phi) is 3.31. The summed E-state index contributed by atoms with van der Waals surface area (Å²) in [5.41, 5.74) is 2.05. The van der Waals surface area contributed by atoms with Crippen LogP contribution < -0.4 is 0 Å². The van der Waals surface area contributed by atoms with E-state index < -0.39 is 0 Å². The summed E-state index contributed by atoms with van der Waals surface area (Å²) < 4.78 is 17.0. The largest absolute Gasteiger partial charge is 0.337 e. The minimum Gasteiger partial charge on any atom is -0.337 e. The van der Waals surface area contributed by atoms with Gasteiger partial charge in [0.2, 0.25) is 0 Å². The second kappa shape index (κ2) is 5.77. The summed E-state index contributed by atoms with van der Waals surface area (Å²) in [7, 11) is 0. The SMILES string of the molecule is Fc1cccc(Cl)c1-c1nc2c3ccccc3c3sc4ccccc4c3c2[nH]1. The van der Waals surface area contributed by atoms with Crippen LogP contribution in [0, 0.1) is 5.82 Å². The molecule has 134 valence electrons. The van der Waals surface area contributed by atoms with E-state index in [0.717, 1.165) is 27.2 Å². The van der Waals surface area contributed by atoms with Gasteiger partial charge in [-0.2, -0.15) is 0 Å². The minimum absolute atomic E-state index is 0.303. The fraction of sp³-hybridized carbons (Fsp3) is 0. The molecule has 0 aliphatic carbocycles. The monoisotopic (exact) mass is 402 g/mol. The molecule has 0 radical (unpaired) electrons. The van der Waals surface area contributed by atoms with Gasteiger partial charge < -0.3 is 4.98 Å². The molecule has 6 rings (SSSR count). The second-order valence-electron chi connectivity index (χ2n) is 6.75. The van der Waals surface area contributed by atoms with Gasteiger partial charge in [0.15, 0.2) is 0 Å². The van der Waals surface area contributed by atoms with Crippen molar-refractivity contribution in [3.63, 3.8) is 0 Å². The molecule has 0 unspecified atom stereocenters. The van der Waals surface area contributed by atoms with Crippen LogP contribution in [-0.2, 0) is 0 Å². The van der Waals surface area contributed by atoms with E-state index in [4.69, 9.17) is 16.6 Å². The molecule has 0 saturated heterocycles. The van der Waals surface area contributed by atoms with Gasteiger partial charge in [-0.15, -0.1) is 11.3 Å². The lowest BCUT2D eigenvalue weighted by molar-refractivity contribution is 0.630. The van der Waals surface area contributed by atoms with Crippen molar-refractivity contribution in [2.45, 2.75) is 0 Å². The van der Waals surface area contributed by atoms with E-state index >= 15 is 0 Å². The van der Waals surface area contributed by atoms with Crippen molar-refractivity contribution in [3.05, 3.63) is 77.6 Å². The van der Waals surface area contributed by atoms with E-state index in [2.05, 4.69) is 35.3 Å². The number of fused-ring (bicyclic) bond motifs is 8. The van der Waals surface area contributed by atoms with Crippen molar-refractivity contribution < 1.29 is 4.39 Å². The second-order valence-corrected chi connectivity index (χ2v) is 8.21. The van der Waals surface area contributed by atoms with Crippen LogP contribution in [0.5, 0.6) is 0 Å². The number of rotatable bonds is 1. The Labute approximate surface area is 168 Å². The molecule has 0 atom stereocenters. The number of nitrogens with zero attached hydrogens (tertiary/aromatic N) is 1. The third-order valence-corrected chi connectivity index (χ3v) is 6.69. The lowest BCUT2D eigenvalue weighted by atomic mass is 10.0. The molecule has 6 aromatic rings. The van der Waals surface area contributed by atoms with E-state index in [-0.39, 0.29) is 5.82 Å². The number of H-pyrrole nitrogens is 1. The predicted octanol–water partition coefficient (Wildman–Crippen LogP) is 7.54. The molecule has 0 amide bonds. The van der Waals surface area contributed by atoms with E-state index in [9.17, 15) is 4.39 Å². The van der Waals surface area contributed by atoms with Crippen molar-refractivity contribution in [3.8, 4) is 11.4 Å². The minimum atomic E-state index is -0.387. The molecule has 2 nitrogen and oxygen atoms in total. The quantitative estimate of drug-likeness (QED) is 0.302. The average Bonchev–Trinajstić information content (AvgIpc) is 3.30. The Hall–Kier alpha value is -2.95. The van der Waals surface area contributed by atoms with Crippen LogP contribution in [0.2, 0.25) is 5.02 Å². The number of aromatic amines is 1. The van der Waals surface area contributed by atoms with Gasteiger partial charge in [-0.3, -0.25) is 0 Å². The van der Waals surface area contributed by atoms with Gasteiger partial charge in [-0.05, 0) is 18.2 Å². The third kappa shape index (κ3) is 2.10. The first-order valence-electron chi connectivity index (χ1n) is 8.88. The summed E-state index contributed by atoms with van der Waals surface area (Å²) in [4.78, 5) is 8.17. The average molecular weight is 403 g/mol. The molecule has 0 saturated carbocycles. The number of aromatic nitrogens is 2. The highest BCUT2D eigenvalue weighted by Crippen LogP contribution is 2.44. The Morgan fingerprint density at radius 2 is 1.61 bits per heavy atom. The van der Waals surface area contributed by atoms with Gasteiger partial charge in [-0.25, -0.2) is 9.37 Å². The van der Waals surface area contributed by atoms with E-state index in [1.54, 1.807) is 23.5 Å². The third-order valence-electron chi connectivity index (χ3n) is 5.18. The van der Waals surface area contributed by atoms with Crippen LogP contribution >= 0.6 is 22.9 Å². The van der Waals surface area contributed by atoms with Crippen molar-refractivity contribution in [1.82, 2.24) is 9.97 Å². The summed E-state index contributed by atoms with van der Waals surface area (Å²) in [6.07, 6.45) is 0. The number of hydrogen-bond acceptors (Lipinski definition) is 2. The number of nitrogens with one attached hydrogen (secondary N) is 1. The highest BCUT2D eigenvalue weighted by Gasteiger charge is 2.19. The normalized spacial score (nSPS) is 11.9. The molecular weight excluding hydrogens is 391 g/mol. The summed E-state index contributed by atoms with van der Waals surface area (Å²) in [5.74, 6) is 0.0633. The van der Waals surface area contributed by atoms with Crippen LogP contribution in [-0.4, -0.2) is 9.97 Å². The number of imidazole rings is 1. The van der Waals surface area contributed by atoms with Crippen LogP contribution in [0.1, 0.15) is 0 Å². The Morgan fingerprint density at radius 1 is 0.857 bits per heavy atom. The Balaban J connectivity index is 1.86. The molecule has 0 bridgehead atoms. The Morgan fingerprint density at radius 3 is 2.43 bits per heavy atom. The lowest BCUT2D eigenvalue weighted by Gasteiger charge is -2.02. The molecule has 0 spiro atoms. The van der Waals surface area contributed by atoms with Gasteiger partial charge in [-0.1, -0.05) is 60.1 Å².